The van der Waals surface area contributed by atoms with Crippen LogP contribution in [-0.2, 0) is 14.3 Å². The second-order valence-electron chi connectivity index (χ2n) is 9.10. The molecule has 2 unspecified atom stereocenters. The van der Waals surface area contributed by atoms with Crippen molar-refractivity contribution in [3.05, 3.63) is 71.8 Å². The van der Waals surface area contributed by atoms with Crippen molar-refractivity contribution in [3.8, 4) is 11.1 Å². The molecule has 0 bridgehead atoms. The predicted octanol–water partition coefficient (Wildman–Crippen LogP) is 3.45. The number of carboxylic acid groups (broad SMARTS) is 1. The highest BCUT2D eigenvalue weighted by molar-refractivity contribution is 5.87. The van der Waals surface area contributed by atoms with Crippen LogP contribution in [0.25, 0.3) is 11.1 Å². The van der Waals surface area contributed by atoms with E-state index in [-0.39, 0.29) is 31.0 Å². The molecule has 170 valence electrons. The van der Waals surface area contributed by atoms with E-state index < -0.39 is 23.4 Å². The van der Waals surface area contributed by atoms with Crippen LogP contribution in [0.15, 0.2) is 60.7 Å². The van der Waals surface area contributed by atoms with Gasteiger partial charge in [0.25, 0.3) is 0 Å². The summed E-state index contributed by atoms with van der Waals surface area (Å²) in [6.45, 7) is 0.427. The van der Waals surface area contributed by atoms with Crippen molar-refractivity contribution < 1.29 is 24.2 Å². The van der Waals surface area contributed by atoms with Crippen LogP contribution in [0.5, 0.6) is 0 Å². The summed E-state index contributed by atoms with van der Waals surface area (Å²) in [6.07, 6.45) is 4.52. The summed E-state index contributed by atoms with van der Waals surface area (Å²) in [6, 6.07) is 16.0. The van der Waals surface area contributed by atoms with Crippen LogP contribution in [-0.4, -0.2) is 42.3 Å². The first-order valence-corrected chi connectivity index (χ1v) is 11.3. The van der Waals surface area contributed by atoms with Crippen molar-refractivity contribution in [2.75, 3.05) is 13.2 Å². The summed E-state index contributed by atoms with van der Waals surface area (Å²) < 4.78 is 5.56. The molecular weight excluding hydrogens is 420 g/mol. The Morgan fingerprint density at radius 1 is 0.970 bits per heavy atom. The van der Waals surface area contributed by atoms with Crippen molar-refractivity contribution in [2.45, 2.75) is 31.2 Å². The van der Waals surface area contributed by atoms with Crippen molar-refractivity contribution in [1.29, 1.82) is 0 Å². The van der Waals surface area contributed by atoms with E-state index in [1.54, 1.807) is 12.2 Å². The molecule has 2 amide bonds. The van der Waals surface area contributed by atoms with E-state index in [9.17, 15) is 14.4 Å². The maximum absolute atomic E-state index is 12.7. The number of nitrogens with one attached hydrogen (secondary N) is 2. The third-order valence-corrected chi connectivity index (χ3v) is 6.97. The maximum atomic E-state index is 12.7. The van der Waals surface area contributed by atoms with Gasteiger partial charge >= 0.3 is 12.1 Å². The zero-order valence-corrected chi connectivity index (χ0v) is 18.1. The van der Waals surface area contributed by atoms with Gasteiger partial charge in [-0.15, -0.1) is 0 Å². The van der Waals surface area contributed by atoms with E-state index in [0.29, 0.717) is 19.3 Å². The Balaban J connectivity index is 1.14. The number of benzene rings is 2. The average molecular weight is 447 g/mol. The van der Waals surface area contributed by atoms with Crippen LogP contribution >= 0.6 is 0 Å². The van der Waals surface area contributed by atoms with E-state index in [2.05, 4.69) is 34.9 Å². The number of carboxylic acids is 1. The molecule has 2 aromatic carbocycles. The van der Waals surface area contributed by atoms with Gasteiger partial charge in [0.05, 0.1) is 11.3 Å². The number of aliphatic carboxylic acids is 1. The predicted molar refractivity (Wildman–Crippen MR) is 122 cm³/mol. The van der Waals surface area contributed by atoms with Gasteiger partial charge in [-0.25, -0.2) is 4.79 Å². The van der Waals surface area contributed by atoms with Crippen LogP contribution in [0.2, 0.25) is 0 Å². The number of fused-ring (bicyclic) bond motifs is 3. The van der Waals surface area contributed by atoms with E-state index in [1.165, 1.54) is 11.1 Å². The lowest BCUT2D eigenvalue weighted by Crippen LogP contribution is -2.44. The number of alkyl carbamates (subject to hydrolysis) is 1. The third kappa shape index (κ3) is 4.11. The molecule has 3 aliphatic carbocycles. The molecule has 2 aromatic rings. The van der Waals surface area contributed by atoms with Crippen LogP contribution in [0.3, 0.4) is 0 Å². The molecule has 0 saturated heterocycles. The Kier molecular flexibility index (Phi) is 5.40. The average Bonchev–Trinajstić information content (AvgIpc) is 3.36. The molecule has 3 aliphatic rings. The Labute approximate surface area is 191 Å². The molecule has 5 rings (SSSR count). The second kappa shape index (κ2) is 8.39. The molecule has 2 atom stereocenters. The van der Waals surface area contributed by atoms with E-state index in [1.807, 2.05) is 24.3 Å². The van der Waals surface area contributed by atoms with E-state index in [0.717, 1.165) is 11.1 Å². The van der Waals surface area contributed by atoms with Gasteiger partial charge in [0.2, 0.25) is 5.91 Å². The van der Waals surface area contributed by atoms with Gasteiger partial charge in [0.1, 0.15) is 6.61 Å². The van der Waals surface area contributed by atoms with Crippen molar-refractivity contribution in [2.24, 2.45) is 11.3 Å². The summed E-state index contributed by atoms with van der Waals surface area (Å²) in [5.41, 5.74) is 3.99. The Hall–Kier alpha value is -3.61. The fraction of sp³-hybridized carbons (Fsp3) is 0.346. The molecular formula is C26H26N2O5. The Morgan fingerprint density at radius 2 is 1.61 bits per heavy atom. The van der Waals surface area contributed by atoms with Crippen molar-refractivity contribution >= 4 is 18.0 Å². The Morgan fingerprint density at radius 3 is 2.18 bits per heavy atom. The van der Waals surface area contributed by atoms with Crippen LogP contribution in [0.1, 0.15) is 36.3 Å². The van der Waals surface area contributed by atoms with Gasteiger partial charge < -0.3 is 20.5 Å². The van der Waals surface area contributed by atoms with Gasteiger partial charge in [-0.2, -0.15) is 0 Å². The molecule has 0 heterocycles. The van der Waals surface area contributed by atoms with Gasteiger partial charge in [-0.1, -0.05) is 60.7 Å². The highest BCUT2D eigenvalue weighted by atomic mass is 16.5. The minimum Gasteiger partial charge on any atom is -0.481 e. The molecule has 0 radical (unpaired) electrons. The first kappa shape index (κ1) is 21.2. The molecule has 7 nitrogen and oxygen atoms in total. The molecule has 0 spiro atoms. The summed E-state index contributed by atoms with van der Waals surface area (Å²) in [7, 11) is 0. The SMILES string of the molecule is O=C(NCC1(C(=O)NC2C=CC(C(=O)O)C2)CC1)OCC1c2ccccc2-c2ccccc21. The van der Waals surface area contributed by atoms with Crippen LogP contribution in [0.4, 0.5) is 4.79 Å². The zero-order chi connectivity index (χ0) is 23.0. The molecule has 3 N–H and O–H groups in total. The number of rotatable bonds is 7. The fourth-order valence-electron chi connectivity index (χ4n) is 4.84. The lowest BCUT2D eigenvalue weighted by molar-refractivity contribution is -0.140. The van der Waals surface area contributed by atoms with Crippen molar-refractivity contribution in [1.82, 2.24) is 10.6 Å². The topological polar surface area (TPSA) is 105 Å². The molecule has 1 saturated carbocycles. The standard InChI is InChI=1S/C26H26N2O5/c29-23(30)16-9-10-17(13-16)28-24(31)26(11-12-26)15-27-25(32)33-14-22-20-7-3-1-5-18(20)19-6-2-4-8-21(19)22/h1-10,16-17,22H,11-15H2,(H,27,32)(H,28,31)(H,29,30). The minimum absolute atomic E-state index is 0.0160. The summed E-state index contributed by atoms with van der Waals surface area (Å²) >= 11 is 0. The maximum Gasteiger partial charge on any atom is 0.407 e. The van der Waals surface area contributed by atoms with Gasteiger partial charge in [-0.05, 0) is 41.5 Å². The normalized spacial score (nSPS) is 21.7. The second-order valence-corrected chi connectivity index (χ2v) is 9.10. The molecule has 0 aromatic heterocycles. The van der Waals surface area contributed by atoms with Gasteiger partial charge in [0.15, 0.2) is 0 Å². The van der Waals surface area contributed by atoms with Crippen LogP contribution in [0, 0.1) is 11.3 Å². The minimum atomic E-state index is -0.888. The highest BCUT2D eigenvalue weighted by Crippen LogP contribution is 2.46. The zero-order valence-electron chi connectivity index (χ0n) is 18.1. The molecule has 1 fully saturated rings. The molecule has 33 heavy (non-hydrogen) atoms. The highest BCUT2D eigenvalue weighted by Gasteiger charge is 2.50. The fourth-order valence-corrected chi connectivity index (χ4v) is 4.84. The largest absolute Gasteiger partial charge is 0.481 e. The van der Waals surface area contributed by atoms with Gasteiger partial charge in [0, 0.05) is 18.5 Å². The Bertz CT molecular complexity index is 1090. The van der Waals surface area contributed by atoms with Gasteiger partial charge in [-0.3, -0.25) is 9.59 Å². The number of carbonyl (C=O) groups excluding carboxylic acids is 2. The number of ether oxygens (including phenoxy) is 1. The summed E-state index contributed by atoms with van der Waals surface area (Å²) in [4.78, 5) is 36.3. The molecule has 0 aliphatic heterocycles. The summed E-state index contributed by atoms with van der Waals surface area (Å²) in [5.74, 6) is -1.62. The number of carbonyl (C=O) groups is 3. The monoisotopic (exact) mass is 446 g/mol. The van der Waals surface area contributed by atoms with Crippen molar-refractivity contribution in [3.63, 3.8) is 0 Å². The first-order chi connectivity index (χ1) is 16.0. The smallest absolute Gasteiger partial charge is 0.407 e. The lowest BCUT2D eigenvalue weighted by atomic mass is 9.98. The quantitative estimate of drug-likeness (QED) is 0.565. The summed E-state index contributed by atoms with van der Waals surface area (Å²) in [5, 5.41) is 14.8. The number of hydrogen-bond acceptors (Lipinski definition) is 4. The number of hydrogen-bond donors (Lipinski definition) is 3. The lowest BCUT2D eigenvalue weighted by Gasteiger charge is -2.20. The molecule has 7 heteroatoms. The third-order valence-electron chi connectivity index (χ3n) is 6.97. The van der Waals surface area contributed by atoms with E-state index in [4.69, 9.17) is 9.84 Å². The first-order valence-electron chi connectivity index (χ1n) is 11.3. The van der Waals surface area contributed by atoms with Crippen LogP contribution < -0.4 is 10.6 Å². The number of amides is 2. The van der Waals surface area contributed by atoms with E-state index >= 15 is 0 Å².